The van der Waals surface area contributed by atoms with Gasteiger partial charge in [-0.3, -0.25) is 0 Å². The molecule has 2 nitrogen and oxygen atoms in total. The molecule has 0 spiro atoms. The zero-order valence-corrected chi connectivity index (χ0v) is 15.4. The number of hydrogen-bond donors (Lipinski definition) is 0. The molecule has 134 valence electrons. The van der Waals surface area contributed by atoms with Crippen molar-refractivity contribution in [3.05, 3.63) is 12.2 Å². The number of ether oxygens (including phenoxy) is 1. The third-order valence-corrected chi connectivity index (χ3v) is 5.09. The lowest BCUT2D eigenvalue weighted by Gasteiger charge is -2.22. The molecule has 0 atom stereocenters. The molecular weight excluding hydrogens is 284 g/mol. The summed E-state index contributed by atoms with van der Waals surface area (Å²) in [5.41, 5.74) is 0.719. The largest absolute Gasteiger partial charge is 0.462 e. The number of esters is 1. The molecule has 1 aliphatic carbocycles. The van der Waals surface area contributed by atoms with Crippen LogP contribution in [0.25, 0.3) is 0 Å². The zero-order valence-electron chi connectivity index (χ0n) is 15.4. The van der Waals surface area contributed by atoms with Gasteiger partial charge in [-0.05, 0) is 25.2 Å². The van der Waals surface area contributed by atoms with Crippen molar-refractivity contribution in [2.75, 3.05) is 6.61 Å². The molecule has 2 heteroatoms. The van der Waals surface area contributed by atoms with Gasteiger partial charge in [0.2, 0.25) is 0 Å². The van der Waals surface area contributed by atoms with Crippen LogP contribution in [0.5, 0.6) is 0 Å². The van der Waals surface area contributed by atoms with E-state index in [0.29, 0.717) is 12.5 Å². The maximum absolute atomic E-state index is 12.0. The molecule has 0 radical (unpaired) electrons. The summed E-state index contributed by atoms with van der Waals surface area (Å²) in [5.74, 6) is 0.233. The van der Waals surface area contributed by atoms with Crippen LogP contribution in [0, 0.1) is 5.92 Å². The van der Waals surface area contributed by atoms with Crippen molar-refractivity contribution in [1.82, 2.24) is 0 Å². The van der Waals surface area contributed by atoms with Crippen molar-refractivity contribution in [2.24, 2.45) is 5.92 Å². The van der Waals surface area contributed by atoms with Crippen molar-refractivity contribution < 1.29 is 9.53 Å². The Labute approximate surface area is 144 Å². The van der Waals surface area contributed by atoms with Crippen molar-refractivity contribution in [3.8, 4) is 0 Å². The third kappa shape index (κ3) is 9.84. The molecule has 0 aromatic heterocycles. The summed E-state index contributed by atoms with van der Waals surface area (Å²) in [6.45, 7) is 6.81. The SMILES string of the molecule is C=C(C(=O)OCCCCCCCCCCCC)C1CCCCC1. The number of carbonyl (C=O) groups is 1. The van der Waals surface area contributed by atoms with Gasteiger partial charge in [0, 0.05) is 5.57 Å². The van der Waals surface area contributed by atoms with Gasteiger partial charge in [-0.2, -0.15) is 0 Å². The molecule has 0 aromatic rings. The van der Waals surface area contributed by atoms with Crippen LogP contribution in [0.2, 0.25) is 0 Å². The minimum absolute atomic E-state index is 0.146. The van der Waals surface area contributed by atoms with Crippen LogP contribution in [0.1, 0.15) is 103 Å². The van der Waals surface area contributed by atoms with Crippen molar-refractivity contribution >= 4 is 5.97 Å². The minimum Gasteiger partial charge on any atom is -0.462 e. The second kappa shape index (κ2) is 13.6. The first-order chi connectivity index (χ1) is 11.3. The first-order valence-corrected chi connectivity index (χ1v) is 10.1. The molecule has 1 rings (SSSR count). The Morgan fingerprint density at radius 3 is 1.96 bits per heavy atom. The van der Waals surface area contributed by atoms with Gasteiger partial charge in [0.1, 0.15) is 0 Å². The maximum Gasteiger partial charge on any atom is 0.333 e. The molecule has 0 aromatic carbocycles. The number of hydrogen-bond acceptors (Lipinski definition) is 2. The average molecular weight is 323 g/mol. The Balaban J connectivity index is 1.90. The van der Waals surface area contributed by atoms with Gasteiger partial charge in [-0.1, -0.05) is 90.6 Å². The van der Waals surface area contributed by atoms with E-state index >= 15 is 0 Å². The Bertz CT molecular complexity index is 316. The summed E-state index contributed by atoms with van der Waals surface area (Å²) in [6.07, 6.45) is 19.0. The molecule has 0 heterocycles. The normalized spacial score (nSPS) is 15.5. The molecular formula is C21H38O2. The van der Waals surface area contributed by atoms with Gasteiger partial charge >= 0.3 is 5.97 Å². The first kappa shape index (κ1) is 20.3. The van der Waals surface area contributed by atoms with Gasteiger partial charge in [-0.25, -0.2) is 4.79 Å². The molecule has 0 unspecified atom stereocenters. The van der Waals surface area contributed by atoms with E-state index in [-0.39, 0.29) is 5.97 Å². The summed E-state index contributed by atoms with van der Waals surface area (Å²) < 4.78 is 5.39. The molecule has 23 heavy (non-hydrogen) atoms. The van der Waals surface area contributed by atoms with E-state index in [2.05, 4.69) is 13.5 Å². The Morgan fingerprint density at radius 1 is 0.870 bits per heavy atom. The summed E-state index contributed by atoms with van der Waals surface area (Å²) in [5, 5.41) is 0. The van der Waals surface area contributed by atoms with Crippen LogP contribution in [0.3, 0.4) is 0 Å². The highest BCUT2D eigenvalue weighted by Gasteiger charge is 2.22. The Kier molecular flexibility index (Phi) is 12.0. The lowest BCUT2D eigenvalue weighted by atomic mass is 9.84. The van der Waals surface area contributed by atoms with E-state index in [1.165, 1.54) is 77.0 Å². The first-order valence-electron chi connectivity index (χ1n) is 10.1. The van der Waals surface area contributed by atoms with Crippen LogP contribution >= 0.6 is 0 Å². The number of carbonyl (C=O) groups excluding carboxylic acids is 1. The van der Waals surface area contributed by atoms with Crippen LogP contribution in [-0.4, -0.2) is 12.6 Å². The van der Waals surface area contributed by atoms with Crippen LogP contribution in [0.4, 0.5) is 0 Å². The van der Waals surface area contributed by atoms with Crippen molar-refractivity contribution in [3.63, 3.8) is 0 Å². The maximum atomic E-state index is 12.0. The number of unbranched alkanes of at least 4 members (excludes halogenated alkanes) is 9. The Hall–Kier alpha value is -0.790. The van der Waals surface area contributed by atoms with Gasteiger partial charge in [0.05, 0.1) is 6.61 Å². The van der Waals surface area contributed by atoms with E-state index in [1.54, 1.807) is 0 Å². The lowest BCUT2D eigenvalue weighted by Crippen LogP contribution is -2.18. The monoisotopic (exact) mass is 322 g/mol. The van der Waals surface area contributed by atoms with E-state index < -0.39 is 0 Å². The fourth-order valence-electron chi connectivity index (χ4n) is 3.46. The quantitative estimate of drug-likeness (QED) is 0.217. The van der Waals surface area contributed by atoms with Crippen molar-refractivity contribution in [1.29, 1.82) is 0 Å². The fourth-order valence-corrected chi connectivity index (χ4v) is 3.46. The molecule has 1 saturated carbocycles. The summed E-state index contributed by atoms with van der Waals surface area (Å²) in [7, 11) is 0. The Morgan fingerprint density at radius 2 is 1.39 bits per heavy atom. The molecule has 0 amide bonds. The molecule has 0 N–H and O–H groups in total. The second-order valence-corrected chi connectivity index (χ2v) is 7.18. The van der Waals surface area contributed by atoms with Gasteiger partial charge < -0.3 is 4.74 Å². The standard InChI is InChI=1S/C21H38O2/c1-3-4-5-6-7-8-9-10-11-15-18-23-21(22)19(2)20-16-13-12-14-17-20/h20H,2-18H2,1H3. The predicted molar refractivity (Wildman–Crippen MR) is 98.5 cm³/mol. The van der Waals surface area contributed by atoms with Gasteiger partial charge in [-0.15, -0.1) is 0 Å². The molecule has 0 saturated heterocycles. The predicted octanol–water partition coefficient (Wildman–Crippen LogP) is 6.59. The average Bonchev–Trinajstić information content (AvgIpc) is 2.59. The fraction of sp³-hybridized carbons (Fsp3) is 0.857. The van der Waals surface area contributed by atoms with Crippen LogP contribution < -0.4 is 0 Å². The molecule has 1 aliphatic rings. The summed E-state index contributed by atoms with van der Waals surface area (Å²) in [6, 6.07) is 0. The number of rotatable bonds is 13. The van der Waals surface area contributed by atoms with Crippen molar-refractivity contribution in [2.45, 2.75) is 103 Å². The molecule has 0 bridgehead atoms. The smallest absolute Gasteiger partial charge is 0.333 e. The van der Waals surface area contributed by atoms with Gasteiger partial charge in [0.15, 0.2) is 0 Å². The summed E-state index contributed by atoms with van der Waals surface area (Å²) >= 11 is 0. The second-order valence-electron chi connectivity index (χ2n) is 7.18. The van der Waals surface area contributed by atoms with E-state index in [1.807, 2.05) is 0 Å². The highest BCUT2D eigenvalue weighted by atomic mass is 16.5. The van der Waals surface area contributed by atoms with E-state index in [9.17, 15) is 4.79 Å². The lowest BCUT2D eigenvalue weighted by molar-refractivity contribution is -0.139. The molecule has 1 fully saturated rings. The van der Waals surface area contributed by atoms with E-state index in [0.717, 1.165) is 24.8 Å². The third-order valence-electron chi connectivity index (χ3n) is 5.09. The minimum atomic E-state index is -0.146. The zero-order chi connectivity index (χ0) is 16.8. The molecule has 0 aliphatic heterocycles. The summed E-state index contributed by atoms with van der Waals surface area (Å²) in [4.78, 5) is 12.0. The van der Waals surface area contributed by atoms with Crippen LogP contribution in [-0.2, 0) is 9.53 Å². The highest BCUT2D eigenvalue weighted by molar-refractivity contribution is 5.88. The van der Waals surface area contributed by atoms with E-state index in [4.69, 9.17) is 4.74 Å². The van der Waals surface area contributed by atoms with Gasteiger partial charge in [0.25, 0.3) is 0 Å². The highest BCUT2D eigenvalue weighted by Crippen LogP contribution is 2.29. The topological polar surface area (TPSA) is 26.3 Å². The van der Waals surface area contributed by atoms with Crippen LogP contribution in [0.15, 0.2) is 12.2 Å².